The minimum Gasteiger partial charge on any atom is -0.378 e. The van der Waals surface area contributed by atoms with Crippen LogP contribution in [0.2, 0.25) is 0 Å². The summed E-state index contributed by atoms with van der Waals surface area (Å²) < 4.78 is 5.59. The summed E-state index contributed by atoms with van der Waals surface area (Å²) in [5.41, 5.74) is 5.81. The first kappa shape index (κ1) is 6.62. The van der Waals surface area contributed by atoms with Gasteiger partial charge in [-0.2, -0.15) is 0 Å². The average Bonchev–Trinajstić information content (AvgIpc) is 2.68. The van der Waals surface area contributed by atoms with Crippen LogP contribution < -0.4 is 5.73 Å². The minimum atomic E-state index is 0.416. The molecule has 0 radical (unpaired) electrons. The van der Waals surface area contributed by atoms with Crippen LogP contribution in [-0.2, 0) is 4.74 Å². The first-order valence-corrected chi connectivity index (χ1v) is 4.23. The van der Waals surface area contributed by atoms with Gasteiger partial charge < -0.3 is 10.5 Å². The smallest absolute Gasteiger partial charge is 0.0618 e. The third-order valence-corrected chi connectivity index (χ3v) is 2.50. The molecule has 2 heteroatoms. The van der Waals surface area contributed by atoms with Gasteiger partial charge in [0.15, 0.2) is 0 Å². The summed E-state index contributed by atoms with van der Waals surface area (Å²) in [6, 6.07) is 0.416. The average molecular weight is 141 g/mol. The van der Waals surface area contributed by atoms with Gasteiger partial charge in [0.2, 0.25) is 0 Å². The molecule has 58 valence electrons. The van der Waals surface area contributed by atoms with Crippen molar-refractivity contribution in [3.63, 3.8) is 0 Å². The quantitative estimate of drug-likeness (QED) is 0.589. The zero-order valence-corrected chi connectivity index (χ0v) is 6.25. The lowest BCUT2D eigenvalue weighted by Crippen LogP contribution is -2.35. The van der Waals surface area contributed by atoms with Gasteiger partial charge in [0.1, 0.15) is 0 Å². The van der Waals surface area contributed by atoms with E-state index in [1.165, 1.54) is 12.8 Å². The molecule has 2 aliphatic rings. The molecular weight excluding hydrogens is 126 g/mol. The van der Waals surface area contributed by atoms with Crippen LogP contribution in [0.4, 0.5) is 0 Å². The standard InChI is InChI=1S/C8H15NO/c9-7-3-4-10-8(5-7)6-1-2-6/h6-8H,1-5,9H2/t7-,8-/m1/s1. The van der Waals surface area contributed by atoms with Crippen LogP contribution in [0.5, 0.6) is 0 Å². The van der Waals surface area contributed by atoms with E-state index in [4.69, 9.17) is 10.5 Å². The fourth-order valence-corrected chi connectivity index (χ4v) is 1.65. The molecule has 2 rings (SSSR count). The highest BCUT2D eigenvalue weighted by molar-refractivity contribution is 4.86. The maximum absolute atomic E-state index is 5.81. The van der Waals surface area contributed by atoms with Gasteiger partial charge in [0, 0.05) is 12.6 Å². The Morgan fingerprint density at radius 1 is 1.20 bits per heavy atom. The molecule has 1 heterocycles. The highest BCUT2D eigenvalue weighted by Crippen LogP contribution is 2.37. The van der Waals surface area contributed by atoms with Gasteiger partial charge >= 0.3 is 0 Å². The molecule has 0 aromatic heterocycles. The van der Waals surface area contributed by atoms with Crippen molar-refractivity contribution in [3.8, 4) is 0 Å². The molecule has 2 atom stereocenters. The molecule has 0 amide bonds. The summed E-state index contributed by atoms with van der Waals surface area (Å²) in [4.78, 5) is 0. The van der Waals surface area contributed by atoms with Gasteiger partial charge in [-0.1, -0.05) is 0 Å². The lowest BCUT2D eigenvalue weighted by atomic mass is 10.0. The Bertz CT molecular complexity index is 122. The van der Waals surface area contributed by atoms with Crippen LogP contribution in [0.25, 0.3) is 0 Å². The summed E-state index contributed by atoms with van der Waals surface area (Å²) in [6.07, 6.45) is 5.42. The number of nitrogens with two attached hydrogens (primary N) is 1. The van der Waals surface area contributed by atoms with Crippen molar-refractivity contribution in [2.24, 2.45) is 11.7 Å². The van der Waals surface area contributed by atoms with Crippen LogP contribution >= 0.6 is 0 Å². The Labute approximate surface area is 61.7 Å². The molecule has 2 fully saturated rings. The normalized spacial score (nSPS) is 41.7. The third kappa shape index (κ3) is 1.32. The second-order valence-electron chi connectivity index (χ2n) is 3.53. The van der Waals surface area contributed by atoms with Crippen LogP contribution in [-0.4, -0.2) is 18.8 Å². The van der Waals surface area contributed by atoms with Crippen LogP contribution in [0.15, 0.2) is 0 Å². The van der Waals surface area contributed by atoms with Gasteiger partial charge in [-0.05, 0) is 31.6 Å². The Hall–Kier alpha value is -0.0800. The zero-order valence-electron chi connectivity index (χ0n) is 6.25. The highest BCUT2D eigenvalue weighted by atomic mass is 16.5. The molecule has 1 aliphatic heterocycles. The van der Waals surface area contributed by atoms with E-state index in [9.17, 15) is 0 Å². The fourth-order valence-electron chi connectivity index (χ4n) is 1.65. The number of ether oxygens (including phenoxy) is 1. The molecule has 1 aliphatic carbocycles. The largest absolute Gasteiger partial charge is 0.378 e. The molecule has 0 aromatic rings. The van der Waals surface area contributed by atoms with Crippen molar-refractivity contribution >= 4 is 0 Å². The Morgan fingerprint density at radius 3 is 2.60 bits per heavy atom. The van der Waals surface area contributed by atoms with Gasteiger partial charge in [-0.15, -0.1) is 0 Å². The molecule has 10 heavy (non-hydrogen) atoms. The number of hydrogen-bond acceptors (Lipinski definition) is 2. The molecule has 2 N–H and O–H groups in total. The van der Waals surface area contributed by atoms with Crippen molar-refractivity contribution in [1.82, 2.24) is 0 Å². The fraction of sp³-hybridized carbons (Fsp3) is 1.00. The molecule has 0 spiro atoms. The van der Waals surface area contributed by atoms with E-state index < -0.39 is 0 Å². The van der Waals surface area contributed by atoms with E-state index in [0.29, 0.717) is 12.1 Å². The molecule has 0 unspecified atom stereocenters. The second-order valence-corrected chi connectivity index (χ2v) is 3.53. The van der Waals surface area contributed by atoms with Crippen LogP contribution in [0.3, 0.4) is 0 Å². The van der Waals surface area contributed by atoms with Crippen molar-refractivity contribution in [1.29, 1.82) is 0 Å². The molecular formula is C8H15NO. The topological polar surface area (TPSA) is 35.2 Å². The van der Waals surface area contributed by atoms with E-state index in [1.807, 2.05) is 0 Å². The molecule has 2 nitrogen and oxygen atoms in total. The second kappa shape index (κ2) is 2.51. The lowest BCUT2D eigenvalue weighted by Gasteiger charge is -2.26. The van der Waals surface area contributed by atoms with Crippen LogP contribution in [0, 0.1) is 5.92 Å². The predicted molar refractivity (Wildman–Crippen MR) is 39.7 cm³/mol. The Kier molecular flexibility index (Phi) is 1.66. The van der Waals surface area contributed by atoms with E-state index in [2.05, 4.69) is 0 Å². The van der Waals surface area contributed by atoms with Gasteiger partial charge in [-0.3, -0.25) is 0 Å². The van der Waals surface area contributed by atoms with Crippen molar-refractivity contribution in [2.45, 2.75) is 37.8 Å². The van der Waals surface area contributed by atoms with E-state index in [0.717, 1.165) is 25.4 Å². The SMILES string of the molecule is N[C@@H]1CCO[C@@H](C2CC2)C1. The maximum Gasteiger partial charge on any atom is 0.0618 e. The van der Waals surface area contributed by atoms with Crippen molar-refractivity contribution < 1.29 is 4.74 Å². The molecule has 0 aromatic carbocycles. The van der Waals surface area contributed by atoms with E-state index >= 15 is 0 Å². The lowest BCUT2D eigenvalue weighted by molar-refractivity contribution is -0.00510. The minimum absolute atomic E-state index is 0.416. The van der Waals surface area contributed by atoms with Crippen molar-refractivity contribution in [3.05, 3.63) is 0 Å². The van der Waals surface area contributed by atoms with Gasteiger partial charge in [-0.25, -0.2) is 0 Å². The summed E-state index contributed by atoms with van der Waals surface area (Å²) in [7, 11) is 0. The first-order valence-electron chi connectivity index (χ1n) is 4.23. The Morgan fingerprint density at radius 2 is 2.00 bits per heavy atom. The van der Waals surface area contributed by atoms with Gasteiger partial charge in [0.25, 0.3) is 0 Å². The third-order valence-electron chi connectivity index (χ3n) is 2.50. The summed E-state index contributed by atoms with van der Waals surface area (Å²) in [5, 5.41) is 0. The van der Waals surface area contributed by atoms with Crippen molar-refractivity contribution in [2.75, 3.05) is 6.61 Å². The molecule has 1 saturated carbocycles. The Balaban J connectivity index is 1.84. The summed E-state index contributed by atoms with van der Waals surface area (Å²) in [6.45, 7) is 0.891. The number of rotatable bonds is 1. The predicted octanol–water partition coefficient (Wildman–Crippen LogP) is 0.903. The zero-order chi connectivity index (χ0) is 6.97. The molecule has 1 saturated heterocycles. The van der Waals surface area contributed by atoms with E-state index in [-0.39, 0.29) is 0 Å². The van der Waals surface area contributed by atoms with Crippen LogP contribution in [0.1, 0.15) is 25.7 Å². The van der Waals surface area contributed by atoms with E-state index in [1.54, 1.807) is 0 Å². The number of hydrogen-bond donors (Lipinski definition) is 1. The van der Waals surface area contributed by atoms with Gasteiger partial charge in [0.05, 0.1) is 6.10 Å². The highest BCUT2D eigenvalue weighted by Gasteiger charge is 2.34. The first-order chi connectivity index (χ1) is 4.86. The summed E-state index contributed by atoms with van der Waals surface area (Å²) >= 11 is 0. The maximum atomic E-state index is 5.81. The monoisotopic (exact) mass is 141 g/mol. The molecule has 0 bridgehead atoms. The summed E-state index contributed by atoms with van der Waals surface area (Å²) in [5.74, 6) is 0.867.